The van der Waals surface area contributed by atoms with Crippen molar-refractivity contribution in [1.29, 1.82) is 0 Å². The Bertz CT molecular complexity index is 1160. The molecule has 0 aliphatic heterocycles. The Balaban J connectivity index is 1.38. The van der Waals surface area contributed by atoms with Crippen molar-refractivity contribution in [3.8, 4) is 0 Å². The van der Waals surface area contributed by atoms with E-state index in [0.717, 1.165) is 5.56 Å². The second-order valence-corrected chi connectivity index (χ2v) is 7.48. The van der Waals surface area contributed by atoms with Gasteiger partial charge in [0.25, 0.3) is 0 Å². The Morgan fingerprint density at radius 2 is 1.75 bits per heavy atom. The molecule has 9 heteroatoms. The van der Waals surface area contributed by atoms with E-state index in [1.54, 1.807) is 43.4 Å². The summed E-state index contributed by atoms with van der Waals surface area (Å²) in [5, 5.41) is 5.08. The van der Waals surface area contributed by atoms with Crippen molar-refractivity contribution in [3.63, 3.8) is 0 Å². The van der Waals surface area contributed by atoms with Crippen LogP contribution in [-0.4, -0.2) is 47.3 Å². The normalized spacial score (nSPS) is 10.7. The first-order valence-corrected chi connectivity index (χ1v) is 10.3. The fraction of sp³-hybridized carbons (Fsp3) is 0.304. The van der Waals surface area contributed by atoms with Gasteiger partial charge in [0.1, 0.15) is 0 Å². The van der Waals surface area contributed by atoms with Gasteiger partial charge in [-0.3, -0.25) is 19.0 Å². The van der Waals surface area contributed by atoms with Crippen molar-refractivity contribution in [2.24, 2.45) is 0 Å². The predicted octanol–water partition coefficient (Wildman–Crippen LogP) is 1.90. The van der Waals surface area contributed by atoms with Crippen LogP contribution < -0.4 is 16.4 Å². The van der Waals surface area contributed by atoms with E-state index in [2.05, 4.69) is 10.6 Å². The number of benzene rings is 2. The molecule has 2 aromatic carbocycles. The third kappa shape index (κ3) is 5.84. The van der Waals surface area contributed by atoms with Gasteiger partial charge in [-0.25, -0.2) is 4.79 Å². The van der Waals surface area contributed by atoms with Gasteiger partial charge in [0.05, 0.1) is 5.52 Å². The Hall–Kier alpha value is -3.88. The van der Waals surface area contributed by atoms with E-state index >= 15 is 0 Å². The average molecular weight is 438 g/mol. The third-order valence-electron chi connectivity index (χ3n) is 5.02. The number of carbonyl (C=O) groups excluding carboxylic acids is 3. The topological polar surface area (TPSA) is 114 Å². The molecule has 0 atom stereocenters. The van der Waals surface area contributed by atoms with Crippen molar-refractivity contribution < 1.29 is 18.8 Å². The highest BCUT2D eigenvalue weighted by atomic mass is 16.4. The van der Waals surface area contributed by atoms with Crippen molar-refractivity contribution >= 4 is 34.5 Å². The fourth-order valence-corrected chi connectivity index (χ4v) is 3.17. The minimum atomic E-state index is -0.740. The monoisotopic (exact) mass is 438 g/mol. The standard InChI is InChI=1S/C23H26N4O5/c1-16-8-10-17(11-9-16)25-22(30)21(29)24-13-5-14-26(2)20(28)12-15-27-18-6-3-4-7-19(18)32-23(27)31/h3-4,6-11H,5,12-15H2,1-2H3,(H,24,29)(H,25,30). The molecular formula is C23H26N4O5. The van der Waals surface area contributed by atoms with Gasteiger partial charge in [0.15, 0.2) is 5.58 Å². The van der Waals surface area contributed by atoms with Gasteiger partial charge in [-0.15, -0.1) is 0 Å². The number of para-hydroxylation sites is 2. The van der Waals surface area contributed by atoms with E-state index in [1.807, 2.05) is 19.1 Å². The van der Waals surface area contributed by atoms with Gasteiger partial charge in [-0.2, -0.15) is 0 Å². The molecule has 168 valence electrons. The van der Waals surface area contributed by atoms with E-state index in [4.69, 9.17) is 4.42 Å². The van der Waals surface area contributed by atoms with Gasteiger partial charge < -0.3 is 20.0 Å². The molecule has 0 radical (unpaired) electrons. The van der Waals surface area contributed by atoms with Gasteiger partial charge in [-0.05, 0) is 37.6 Å². The molecule has 1 heterocycles. The molecule has 2 N–H and O–H groups in total. The van der Waals surface area contributed by atoms with E-state index in [9.17, 15) is 19.2 Å². The number of nitrogens with zero attached hydrogens (tertiary/aromatic N) is 2. The maximum absolute atomic E-state index is 12.4. The van der Waals surface area contributed by atoms with Crippen LogP contribution in [0.4, 0.5) is 5.69 Å². The summed E-state index contributed by atoms with van der Waals surface area (Å²) in [6.07, 6.45) is 0.631. The molecular weight excluding hydrogens is 412 g/mol. The molecule has 3 amide bonds. The molecule has 0 aliphatic carbocycles. The highest BCUT2D eigenvalue weighted by Gasteiger charge is 2.15. The van der Waals surface area contributed by atoms with Crippen LogP contribution in [-0.2, 0) is 20.9 Å². The van der Waals surface area contributed by atoms with Gasteiger partial charge in [0.2, 0.25) is 5.91 Å². The molecule has 0 fully saturated rings. The number of amides is 3. The first-order valence-electron chi connectivity index (χ1n) is 10.3. The summed E-state index contributed by atoms with van der Waals surface area (Å²) in [7, 11) is 1.66. The molecule has 32 heavy (non-hydrogen) atoms. The van der Waals surface area contributed by atoms with Gasteiger partial charge >= 0.3 is 17.6 Å². The maximum atomic E-state index is 12.4. The molecule has 0 aliphatic rings. The summed E-state index contributed by atoms with van der Waals surface area (Å²) in [6, 6.07) is 14.2. The van der Waals surface area contributed by atoms with E-state index in [0.29, 0.717) is 29.8 Å². The number of aromatic nitrogens is 1. The zero-order valence-corrected chi connectivity index (χ0v) is 18.1. The quantitative estimate of drug-likeness (QED) is 0.412. The Morgan fingerprint density at radius 3 is 2.50 bits per heavy atom. The lowest BCUT2D eigenvalue weighted by atomic mass is 10.2. The van der Waals surface area contributed by atoms with Crippen LogP contribution in [0.1, 0.15) is 18.4 Å². The van der Waals surface area contributed by atoms with Crippen LogP contribution in [0.3, 0.4) is 0 Å². The van der Waals surface area contributed by atoms with Crippen LogP contribution in [0.25, 0.3) is 11.1 Å². The second kappa shape index (κ2) is 10.4. The number of anilines is 1. The highest BCUT2D eigenvalue weighted by molar-refractivity contribution is 6.39. The number of aryl methyl sites for hydroxylation is 2. The number of hydrogen-bond acceptors (Lipinski definition) is 5. The van der Waals surface area contributed by atoms with Crippen LogP contribution in [0, 0.1) is 6.92 Å². The number of oxazole rings is 1. The highest BCUT2D eigenvalue weighted by Crippen LogP contribution is 2.12. The predicted molar refractivity (Wildman–Crippen MR) is 120 cm³/mol. The summed E-state index contributed by atoms with van der Waals surface area (Å²) in [6.45, 7) is 2.80. The minimum Gasteiger partial charge on any atom is -0.408 e. The lowest BCUT2D eigenvalue weighted by Gasteiger charge is -2.17. The summed E-state index contributed by atoms with van der Waals surface area (Å²) in [5.74, 6) is -2.10. The van der Waals surface area contributed by atoms with Crippen LogP contribution in [0.15, 0.2) is 57.7 Å². The Labute approximate surface area is 185 Å². The Kier molecular flexibility index (Phi) is 7.43. The van der Waals surface area contributed by atoms with E-state index in [1.165, 1.54) is 9.47 Å². The molecule has 1 aromatic heterocycles. The lowest BCUT2D eigenvalue weighted by molar-refractivity contribution is -0.136. The van der Waals surface area contributed by atoms with Gasteiger partial charge in [-0.1, -0.05) is 29.8 Å². The molecule has 0 saturated heterocycles. The van der Waals surface area contributed by atoms with Crippen molar-refractivity contribution in [1.82, 2.24) is 14.8 Å². The fourth-order valence-electron chi connectivity index (χ4n) is 3.17. The van der Waals surface area contributed by atoms with Crippen molar-refractivity contribution in [2.45, 2.75) is 26.3 Å². The maximum Gasteiger partial charge on any atom is 0.419 e. The summed E-state index contributed by atoms with van der Waals surface area (Å²) >= 11 is 0. The summed E-state index contributed by atoms with van der Waals surface area (Å²) in [5.41, 5.74) is 2.74. The number of nitrogens with one attached hydrogen (secondary N) is 2. The van der Waals surface area contributed by atoms with Crippen LogP contribution in [0.2, 0.25) is 0 Å². The number of hydrogen-bond donors (Lipinski definition) is 2. The first-order chi connectivity index (χ1) is 15.3. The molecule has 3 rings (SSSR count). The van der Waals surface area contributed by atoms with Crippen LogP contribution >= 0.6 is 0 Å². The second-order valence-electron chi connectivity index (χ2n) is 7.48. The van der Waals surface area contributed by atoms with E-state index in [-0.39, 0.29) is 25.4 Å². The Morgan fingerprint density at radius 1 is 1.03 bits per heavy atom. The molecule has 0 unspecified atom stereocenters. The molecule has 0 saturated carbocycles. The number of fused-ring (bicyclic) bond motifs is 1. The summed E-state index contributed by atoms with van der Waals surface area (Å²) in [4.78, 5) is 49.7. The zero-order valence-electron chi connectivity index (χ0n) is 18.1. The van der Waals surface area contributed by atoms with Crippen LogP contribution in [0.5, 0.6) is 0 Å². The smallest absolute Gasteiger partial charge is 0.408 e. The zero-order chi connectivity index (χ0) is 23.1. The van der Waals surface area contributed by atoms with Gasteiger partial charge in [0, 0.05) is 38.8 Å². The average Bonchev–Trinajstić information content (AvgIpc) is 3.11. The third-order valence-corrected chi connectivity index (χ3v) is 5.02. The van der Waals surface area contributed by atoms with Crippen molar-refractivity contribution in [2.75, 3.05) is 25.5 Å². The van der Waals surface area contributed by atoms with E-state index < -0.39 is 17.6 Å². The summed E-state index contributed by atoms with van der Waals surface area (Å²) < 4.78 is 6.60. The number of rotatable bonds is 8. The SMILES string of the molecule is Cc1ccc(NC(=O)C(=O)NCCCN(C)C(=O)CCn2c(=O)oc3ccccc32)cc1. The molecule has 3 aromatic rings. The van der Waals surface area contributed by atoms with Crippen molar-refractivity contribution in [3.05, 3.63) is 64.6 Å². The number of carbonyl (C=O) groups is 3. The first kappa shape index (κ1) is 22.8. The minimum absolute atomic E-state index is 0.134. The molecule has 0 bridgehead atoms. The largest absolute Gasteiger partial charge is 0.419 e. The molecule has 9 nitrogen and oxygen atoms in total. The lowest BCUT2D eigenvalue weighted by Crippen LogP contribution is -2.37. The molecule has 0 spiro atoms.